The van der Waals surface area contributed by atoms with Crippen LogP contribution in [0.3, 0.4) is 0 Å². The number of furan rings is 1. The highest BCUT2D eigenvalue weighted by Gasteiger charge is 2.47. The maximum absolute atomic E-state index is 13.7. The highest BCUT2D eigenvalue weighted by atomic mass is 32.1. The van der Waals surface area contributed by atoms with Gasteiger partial charge in [0, 0.05) is 5.39 Å². The largest absolute Gasteiger partial charge is 0.504 e. The highest BCUT2D eigenvalue weighted by Crippen LogP contribution is 2.45. The van der Waals surface area contributed by atoms with Crippen LogP contribution in [0.2, 0.25) is 0 Å². The number of esters is 1. The third-order valence-electron chi connectivity index (χ3n) is 5.98. The van der Waals surface area contributed by atoms with E-state index in [0.29, 0.717) is 22.2 Å². The lowest BCUT2D eigenvalue weighted by Gasteiger charge is -2.24. The maximum Gasteiger partial charge on any atom is 0.350 e. The van der Waals surface area contributed by atoms with Crippen molar-refractivity contribution < 1.29 is 38.5 Å². The van der Waals surface area contributed by atoms with Gasteiger partial charge in [-0.2, -0.15) is 0 Å². The Hall–Kier alpha value is -4.64. The second-order valence-electron chi connectivity index (χ2n) is 8.15. The average Bonchev–Trinajstić information content (AvgIpc) is 3.57. The van der Waals surface area contributed by atoms with Crippen molar-refractivity contribution in [1.29, 1.82) is 0 Å². The van der Waals surface area contributed by atoms with E-state index in [-0.39, 0.29) is 32.8 Å². The number of rotatable bonds is 6. The molecule has 0 bridgehead atoms. The standard InChI is InChI=1S/C26H20N2O8S/c1-12-23(25(33)35-3)37-26(27-12)28-20(14-8-9-15(29)17(11-14)34-2)19(22(31)24(28)32)21(30)18-10-13-6-4-5-7-16(13)36-18/h4-11,20,29,31H,1-3H3. The molecule has 4 aromatic rings. The van der Waals surface area contributed by atoms with Gasteiger partial charge in [0.1, 0.15) is 10.5 Å². The number of amides is 1. The van der Waals surface area contributed by atoms with Crippen molar-refractivity contribution >= 4 is 45.1 Å². The second kappa shape index (κ2) is 9.10. The number of phenols is 1. The molecule has 5 rings (SSSR count). The second-order valence-corrected chi connectivity index (χ2v) is 9.13. The van der Waals surface area contributed by atoms with Crippen molar-refractivity contribution in [2.24, 2.45) is 0 Å². The van der Waals surface area contributed by atoms with Crippen LogP contribution in [-0.2, 0) is 9.53 Å². The maximum atomic E-state index is 13.7. The Kier molecular flexibility index (Phi) is 5.92. The molecule has 1 amide bonds. The molecule has 1 unspecified atom stereocenters. The molecule has 10 nitrogen and oxygen atoms in total. The van der Waals surface area contributed by atoms with Crippen LogP contribution in [0.15, 0.2) is 64.3 Å². The molecule has 0 spiro atoms. The van der Waals surface area contributed by atoms with Gasteiger partial charge in [-0.1, -0.05) is 35.6 Å². The van der Waals surface area contributed by atoms with Gasteiger partial charge in [-0.15, -0.1) is 0 Å². The topological polar surface area (TPSA) is 139 Å². The van der Waals surface area contributed by atoms with E-state index in [1.807, 2.05) is 0 Å². The summed E-state index contributed by atoms with van der Waals surface area (Å²) in [6, 6.07) is 11.7. The van der Waals surface area contributed by atoms with Crippen molar-refractivity contribution in [3.8, 4) is 11.5 Å². The molecule has 0 saturated heterocycles. The van der Waals surface area contributed by atoms with Crippen LogP contribution in [0, 0.1) is 6.92 Å². The molecule has 0 aliphatic carbocycles. The molecule has 1 atom stereocenters. The predicted molar refractivity (Wildman–Crippen MR) is 133 cm³/mol. The number of anilines is 1. The van der Waals surface area contributed by atoms with Gasteiger partial charge in [0.2, 0.25) is 5.78 Å². The van der Waals surface area contributed by atoms with Crippen LogP contribution in [-0.4, -0.2) is 47.1 Å². The van der Waals surface area contributed by atoms with Gasteiger partial charge in [-0.05, 0) is 36.8 Å². The molecule has 0 fully saturated rings. The number of aliphatic hydroxyl groups excluding tert-OH is 1. The van der Waals surface area contributed by atoms with Gasteiger partial charge in [0.05, 0.1) is 31.5 Å². The number of ketones is 1. The highest BCUT2D eigenvalue weighted by molar-refractivity contribution is 7.17. The molecule has 2 aromatic heterocycles. The minimum atomic E-state index is -1.17. The SMILES string of the molecule is COC(=O)c1sc(N2C(=O)C(O)=C(C(=O)c3cc4ccccc4o3)C2c2ccc(O)c(OC)c2)nc1C. The number of carbonyl (C=O) groups is 3. The Morgan fingerprint density at radius 2 is 1.86 bits per heavy atom. The fraction of sp³-hybridized carbons (Fsp3) is 0.154. The molecule has 1 aliphatic heterocycles. The number of fused-ring (bicyclic) bond motifs is 1. The van der Waals surface area contributed by atoms with E-state index in [1.54, 1.807) is 31.2 Å². The summed E-state index contributed by atoms with van der Waals surface area (Å²) in [7, 11) is 2.59. The average molecular weight is 521 g/mol. The first-order valence-electron chi connectivity index (χ1n) is 11.0. The zero-order valence-corrected chi connectivity index (χ0v) is 20.7. The van der Waals surface area contributed by atoms with Crippen LogP contribution >= 0.6 is 11.3 Å². The molecule has 37 heavy (non-hydrogen) atoms. The number of para-hydroxylation sites is 1. The first kappa shape index (κ1) is 24.1. The Balaban J connectivity index is 1.68. The summed E-state index contributed by atoms with van der Waals surface area (Å²) < 4.78 is 15.7. The number of hydrogen-bond acceptors (Lipinski definition) is 10. The molecule has 3 heterocycles. The number of Topliss-reactive ketones (excluding diaryl/α,β-unsaturated/α-hetero) is 1. The number of aromatic nitrogens is 1. The van der Waals surface area contributed by atoms with Crippen LogP contribution in [0.4, 0.5) is 5.13 Å². The third-order valence-corrected chi connectivity index (χ3v) is 7.12. The van der Waals surface area contributed by atoms with E-state index in [2.05, 4.69) is 4.98 Å². The summed E-state index contributed by atoms with van der Waals surface area (Å²) in [5.41, 5.74) is 0.884. The Morgan fingerprint density at radius 3 is 2.57 bits per heavy atom. The first-order valence-corrected chi connectivity index (χ1v) is 11.8. The lowest BCUT2D eigenvalue weighted by Crippen LogP contribution is -2.31. The summed E-state index contributed by atoms with van der Waals surface area (Å²) >= 11 is 0.886. The minimum absolute atomic E-state index is 0.0684. The van der Waals surface area contributed by atoms with Gasteiger partial charge in [-0.3, -0.25) is 14.5 Å². The Bertz CT molecular complexity index is 1580. The van der Waals surface area contributed by atoms with Crippen LogP contribution in [0.1, 0.15) is 37.5 Å². The molecule has 2 aromatic carbocycles. The van der Waals surface area contributed by atoms with E-state index in [9.17, 15) is 24.6 Å². The van der Waals surface area contributed by atoms with Gasteiger partial charge in [-0.25, -0.2) is 9.78 Å². The number of phenolic OH excluding ortho intramolecular Hbond substituents is 1. The number of carbonyl (C=O) groups excluding carboxylic acids is 3. The van der Waals surface area contributed by atoms with Gasteiger partial charge >= 0.3 is 5.97 Å². The van der Waals surface area contributed by atoms with Crippen molar-refractivity contribution in [3.63, 3.8) is 0 Å². The smallest absolute Gasteiger partial charge is 0.350 e. The monoisotopic (exact) mass is 520 g/mol. The number of hydrogen-bond donors (Lipinski definition) is 2. The zero-order valence-electron chi connectivity index (χ0n) is 19.8. The number of aryl methyl sites for hydroxylation is 1. The van der Waals surface area contributed by atoms with Crippen LogP contribution in [0.25, 0.3) is 11.0 Å². The van der Waals surface area contributed by atoms with E-state index in [1.165, 1.54) is 38.5 Å². The summed E-state index contributed by atoms with van der Waals surface area (Å²) in [5.74, 6) is -3.14. The number of aromatic hydroxyl groups is 1. The molecule has 11 heteroatoms. The van der Waals surface area contributed by atoms with E-state index in [0.717, 1.165) is 16.2 Å². The van der Waals surface area contributed by atoms with Crippen molar-refractivity contribution in [3.05, 3.63) is 81.8 Å². The lowest BCUT2D eigenvalue weighted by molar-refractivity contribution is -0.117. The van der Waals surface area contributed by atoms with Crippen molar-refractivity contribution in [2.75, 3.05) is 19.1 Å². The fourth-order valence-corrected chi connectivity index (χ4v) is 5.22. The Morgan fingerprint density at radius 1 is 1.11 bits per heavy atom. The minimum Gasteiger partial charge on any atom is -0.504 e. The number of nitrogens with zero attached hydrogens (tertiary/aromatic N) is 2. The molecule has 0 saturated carbocycles. The summed E-state index contributed by atoms with van der Waals surface area (Å²) in [6.07, 6.45) is 0. The van der Waals surface area contributed by atoms with E-state index in [4.69, 9.17) is 13.9 Å². The zero-order chi connectivity index (χ0) is 26.4. The van der Waals surface area contributed by atoms with E-state index < -0.39 is 29.5 Å². The Labute approximate surface area is 214 Å². The van der Waals surface area contributed by atoms with Gasteiger partial charge in [0.25, 0.3) is 5.91 Å². The molecule has 2 N–H and O–H groups in total. The van der Waals surface area contributed by atoms with Crippen molar-refractivity contribution in [2.45, 2.75) is 13.0 Å². The van der Waals surface area contributed by atoms with Crippen LogP contribution in [0.5, 0.6) is 11.5 Å². The fourth-order valence-electron chi connectivity index (χ4n) is 4.21. The van der Waals surface area contributed by atoms with E-state index >= 15 is 0 Å². The number of thiazole rings is 1. The molecular formula is C26H20N2O8S. The first-order chi connectivity index (χ1) is 17.7. The predicted octanol–water partition coefficient (Wildman–Crippen LogP) is 4.48. The molecule has 1 aliphatic rings. The summed E-state index contributed by atoms with van der Waals surface area (Å²) in [4.78, 5) is 45.0. The number of benzene rings is 2. The summed E-state index contributed by atoms with van der Waals surface area (Å²) in [6.45, 7) is 1.58. The number of ether oxygens (including phenoxy) is 2. The molecular weight excluding hydrogens is 500 g/mol. The quantitative estimate of drug-likeness (QED) is 0.278. The van der Waals surface area contributed by atoms with Crippen LogP contribution < -0.4 is 9.64 Å². The lowest BCUT2D eigenvalue weighted by atomic mass is 9.95. The number of aliphatic hydroxyl groups is 1. The normalized spacial score (nSPS) is 15.5. The number of methoxy groups -OCH3 is 2. The van der Waals surface area contributed by atoms with Crippen molar-refractivity contribution in [1.82, 2.24) is 4.98 Å². The molecule has 0 radical (unpaired) electrons. The summed E-state index contributed by atoms with van der Waals surface area (Å²) in [5, 5.41) is 21.8. The molecule has 188 valence electrons. The third kappa shape index (κ3) is 3.89. The van der Waals surface area contributed by atoms with Gasteiger partial charge in [0.15, 0.2) is 28.1 Å². The van der Waals surface area contributed by atoms with Gasteiger partial charge < -0.3 is 24.1 Å².